The monoisotopic (exact) mass is 147 g/mol. The second-order valence-corrected chi connectivity index (χ2v) is 2.02. The van der Waals surface area contributed by atoms with Crippen LogP contribution in [0.25, 0.3) is 0 Å². The minimum atomic E-state index is -1.37. The molecule has 0 aliphatic rings. The van der Waals surface area contributed by atoms with Crippen molar-refractivity contribution in [2.24, 2.45) is 0 Å². The highest BCUT2D eigenvalue weighted by atomic mass is 16.6. The van der Waals surface area contributed by atoms with E-state index in [2.05, 4.69) is 6.92 Å². The molecule has 3 nitrogen and oxygen atoms in total. The minimum absolute atomic E-state index is 0.122. The molecule has 0 aromatic rings. The zero-order chi connectivity index (χ0) is 8.04. The highest BCUT2D eigenvalue weighted by Gasteiger charge is 2.19. The average molecular weight is 147 g/mol. The van der Waals surface area contributed by atoms with E-state index in [0.717, 1.165) is 0 Å². The Morgan fingerprint density at radius 1 is 1.40 bits per heavy atom. The maximum Gasteiger partial charge on any atom is 0.189 e. The van der Waals surface area contributed by atoms with Crippen LogP contribution in [0.4, 0.5) is 0 Å². The first kappa shape index (κ1) is 9.88. The smallest absolute Gasteiger partial charge is 0.189 e. The summed E-state index contributed by atoms with van der Waals surface area (Å²) in [6.07, 6.45) is 0. The van der Waals surface area contributed by atoms with Crippen molar-refractivity contribution in [2.75, 3.05) is 19.8 Å². The highest BCUT2D eigenvalue weighted by molar-refractivity contribution is 4.67. The van der Waals surface area contributed by atoms with Crippen LogP contribution in [0.2, 0.25) is 0 Å². The van der Waals surface area contributed by atoms with Gasteiger partial charge in [0.25, 0.3) is 0 Å². The van der Waals surface area contributed by atoms with Crippen LogP contribution >= 0.6 is 0 Å². The first-order valence-electron chi connectivity index (χ1n) is 3.42. The molecule has 0 rings (SSSR count). The van der Waals surface area contributed by atoms with E-state index >= 15 is 0 Å². The summed E-state index contributed by atoms with van der Waals surface area (Å²) in [6.45, 7) is 8.17. The van der Waals surface area contributed by atoms with Gasteiger partial charge in [-0.1, -0.05) is 0 Å². The molecule has 1 atom stereocenters. The summed E-state index contributed by atoms with van der Waals surface area (Å²) in [7, 11) is 0. The molecule has 0 saturated heterocycles. The van der Waals surface area contributed by atoms with Gasteiger partial charge in [-0.25, -0.2) is 0 Å². The van der Waals surface area contributed by atoms with Crippen molar-refractivity contribution in [1.82, 2.24) is 0 Å². The fourth-order valence-electron chi connectivity index (χ4n) is 0.572. The lowest BCUT2D eigenvalue weighted by atomic mass is 10.3. The van der Waals surface area contributed by atoms with Crippen molar-refractivity contribution in [3.63, 3.8) is 0 Å². The van der Waals surface area contributed by atoms with E-state index in [9.17, 15) is 5.11 Å². The summed E-state index contributed by atoms with van der Waals surface area (Å²) >= 11 is 0. The lowest BCUT2D eigenvalue weighted by Crippen LogP contribution is -2.34. The minimum Gasteiger partial charge on any atom is -0.376 e. The Bertz CT molecular complexity index is 80.9. The number of rotatable bonds is 5. The molecule has 0 aromatic heterocycles. The van der Waals surface area contributed by atoms with E-state index < -0.39 is 5.79 Å². The van der Waals surface area contributed by atoms with E-state index in [-0.39, 0.29) is 6.61 Å². The first-order valence-corrected chi connectivity index (χ1v) is 3.42. The Morgan fingerprint density at radius 2 is 2.00 bits per heavy atom. The van der Waals surface area contributed by atoms with Crippen molar-refractivity contribution in [3.05, 3.63) is 6.92 Å². The summed E-state index contributed by atoms with van der Waals surface area (Å²) in [4.78, 5) is 0. The van der Waals surface area contributed by atoms with Gasteiger partial charge in [0, 0.05) is 20.1 Å². The van der Waals surface area contributed by atoms with Crippen molar-refractivity contribution in [2.45, 2.75) is 19.6 Å². The average Bonchev–Trinajstić information content (AvgIpc) is 1.84. The normalized spacial score (nSPS) is 16.8. The molecule has 0 aromatic carbocycles. The third kappa shape index (κ3) is 4.73. The molecule has 0 saturated carbocycles. The van der Waals surface area contributed by atoms with Crippen LogP contribution in [-0.2, 0) is 9.47 Å². The molecule has 3 heteroatoms. The predicted molar refractivity (Wildman–Crippen MR) is 38.4 cm³/mol. The molecule has 1 unspecified atom stereocenters. The zero-order valence-corrected chi connectivity index (χ0v) is 6.59. The quantitative estimate of drug-likeness (QED) is 0.578. The molecule has 0 heterocycles. The van der Waals surface area contributed by atoms with Crippen molar-refractivity contribution < 1.29 is 14.6 Å². The fourth-order valence-corrected chi connectivity index (χ4v) is 0.572. The number of hydrogen-bond donors (Lipinski definition) is 1. The van der Waals surface area contributed by atoms with E-state index in [0.29, 0.717) is 13.2 Å². The number of aliphatic hydroxyl groups is 1. The first-order chi connectivity index (χ1) is 4.62. The molecule has 1 N–H and O–H groups in total. The van der Waals surface area contributed by atoms with Crippen molar-refractivity contribution in [3.8, 4) is 0 Å². The van der Waals surface area contributed by atoms with Crippen LogP contribution in [0.5, 0.6) is 0 Å². The van der Waals surface area contributed by atoms with E-state index in [1.54, 1.807) is 6.92 Å². The third-order valence-electron chi connectivity index (χ3n) is 0.945. The van der Waals surface area contributed by atoms with E-state index in [1.165, 1.54) is 0 Å². The standard InChI is InChI=1S/C7H15O3/c1-4-9-6-7(3,8)10-5-2/h8H,3-6H2,1-2H3. The third-order valence-corrected chi connectivity index (χ3v) is 0.945. The van der Waals surface area contributed by atoms with Gasteiger partial charge in [-0.2, -0.15) is 0 Å². The molecule has 0 amide bonds. The molecule has 61 valence electrons. The molecule has 0 aliphatic heterocycles. The molecular formula is C7H15O3. The van der Waals surface area contributed by atoms with Crippen LogP contribution < -0.4 is 0 Å². The summed E-state index contributed by atoms with van der Waals surface area (Å²) in [6, 6.07) is 0. The molecule has 10 heavy (non-hydrogen) atoms. The van der Waals surface area contributed by atoms with Gasteiger partial charge < -0.3 is 14.6 Å². The lowest BCUT2D eigenvalue weighted by Gasteiger charge is -2.21. The van der Waals surface area contributed by atoms with Gasteiger partial charge in [0.15, 0.2) is 5.79 Å². The van der Waals surface area contributed by atoms with Crippen LogP contribution in [-0.4, -0.2) is 30.7 Å². The Labute approximate surface area is 62.0 Å². The molecule has 0 fully saturated rings. The summed E-state index contributed by atoms with van der Waals surface area (Å²) in [5.74, 6) is -1.37. The van der Waals surface area contributed by atoms with Gasteiger partial charge in [-0.05, 0) is 13.8 Å². The summed E-state index contributed by atoms with van der Waals surface area (Å²) in [5, 5.41) is 9.19. The molecule has 0 spiro atoms. The SMILES string of the molecule is [CH2]C(O)(COCC)OCC. The van der Waals surface area contributed by atoms with Crippen LogP contribution in [0.3, 0.4) is 0 Å². The van der Waals surface area contributed by atoms with Gasteiger partial charge >= 0.3 is 0 Å². The van der Waals surface area contributed by atoms with Gasteiger partial charge in [0.2, 0.25) is 0 Å². The Hall–Kier alpha value is -0.120. The maximum atomic E-state index is 9.19. The van der Waals surface area contributed by atoms with Crippen molar-refractivity contribution in [1.29, 1.82) is 0 Å². The van der Waals surface area contributed by atoms with E-state index in [1.807, 2.05) is 6.92 Å². The topological polar surface area (TPSA) is 38.7 Å². The highest BCUT2D eigenvalue weighted by Crippen LogP contribution is 2.04. The second-order valence-electron chi connectivity index (χ2n) is 2.02. The van der Waals surface area contributed by atoms with E-state index in [4.69, 9.17) is 9.47 Å². The van der Waals surface area contributed by atoms with Crippen LogP contribution in [0, 0.1) is 6.92 Å². The van der Waals surface area contributed by atoms with Crippen LogP contribution in [0.15, 0.2) is 0 Å². The van der Waals surface area contributed by atoms with Gasteiger partial charge in [0.05, 0.1) is 0 Å². The molecule has 0 bridgehead atoms. The zero-order valence-electron chi connectivity index (χ0n) is 6.59. The number of hydrogen-bond acceptors (Lipinski definition) is 3. The second kappa shape index (κ2) is 4.66. The molecular weight excluding hydrogens is 132 g/mol. The largest absolute Gasteiger partial charge is 0.376 e. The Kier molecular flexibility index (Phi) is 4.60. The summed E-state index contributed by atoms with van der Waals surface area (Å²) < 4.78 is 9.76. The molecule has 0 aliphatic carbocycles. The summed E-state index contributed by atoms with van der Waals surface area (Å²) in [5.41, 5.74) is 0. The van der Waals surface area contributed by atoms with Gasteiger partial charge in [-0.15, -0.1) is 0 Å². The lowest BCUT2D eigenvalue weighted by molar-refractivity contribution is -0.197. The number of ether oxygens (including phenoxy) is 2. The maximum absolute atomic E-state index is 9.19. The Balaban J connectivity index is 3.42. The predicted octanol–water partition coefficient (Wildman–Crippen LogP) is 0.582. The molecule has 1 radical (unpaired) electrons. The Morgan fingerprint density at radius 3 is 2.40 bits per heavy atom. The fraction of sp³-hybridized carbons (Fsp3) is 0.857. The van der Waals surface area contributed by atoms with Crippen molar-refractivity contribution >= 4 is 0 Å². The van der Waals surface area contributed by atoms with Gasteiger partial charge in [0.1, 0.15) is 6.61 Å². The van der Waals surface area contributed by atoms with Crippen LogP contribution in [0.1, 0.15) is 13.8 Å². The van der Waals surface area contributed by atoms with Gasteiger partial charge in [-0.3, -0.25) is 0 Å².